The molecule has 0 heterocycles. The molecule has 3 heteroatoms. The van der Waals surface area contributed by atoms with Gasteiger partial charge in [0.25, 0.3) is 0 Å². The fourth-order valence-electron chi connectivity index (χ4n) is 0.776. The molecule has 0 aromatic heterocycles. The Labute approximate surface area is 86.8 Å². The van der Waals surface area contributed by atoms with Crippen LogP contribution in [-0.4, -0.2) is 12.6 Å². The molecule has 1 fully saturated rings. The van der Waals surface area contributed by atoms with Crippen LogP contribution in [0.3, 0.4) is 0 Å². The normalized spacial score (nSPS) is 17.8. The molecule has 1 rings (SSSR count). The van der Waals surface area contributed by atoms with E-state index in [4.69, 9.17) is 4.74 Å². The van der Waals surface area contributed by atoms with Gasteiger partial charge in [0.15, 0.2) is 0 Å². The van der Waals surface area contributed by atoms with Crippen molar-refractivity contribution in [1.82, 2.24) is 0 Å². The zero-order valence-corrected chi connectivity index (χ0v) is 9.21. The summed E-state index contributed by atoms with van der Waals surface area (Å²) in [5.41, 5.74) is 0. The molecule has 1 aliphatic carbocycles. The molecule has 13 heavy (non-hydrogen) atoms. The predicted octanol–water partition coefficient (Wildman–Crippen LogP) is 2.79. The Morgan fingerprint density at radius 3 is 2.77 bits per heavy atom. The van der Waals surface area contributed by atoms with Gasteiger partial charge in [-0.1, -0.05) is 22.0 Å². The van der Waals surface area contributed by atoms with E-state index in [1.54, 1.807) is 6.08 Å². The Morgan fingerprint density at radius 2 is 2.23 bits per heavy atom. The predicted molar refractivity (Wildman–Crippen MR) is 55.5 cm³/mol. The van der Waals surface area contributed by atoms with Gasteiger partial charge in [0.1, 0.15) is 0 Å². The van der Waals surface area contributed by atoms with Crippen molar-refractivity contribution in [2.75, 3.05) is 6.61 Å². The molecule has 2 nitrogen and oxygen atoms in total. The summed E-state index contributed by atoms with van der Waals surface area (Å²) in [4.78, 5) is 11.0. The zero-order valence-electron chi connectivity index (χ0n) is 7.63. The number of carbonyl (C=O) groups is 1. The van der Waals surface area contributed by atoms with Crippen molar-refractivity contribution in [2.24, 2.45) is 5.92 Å². The molecule has 0 spiro atoms. The highest BCUT2D eigenvalue weighted by atomic mass is 79.9. The van der Waals surface area contributed by atoms with E-state index in [9.17, 15) is 4.79 Å². The molecular weight excluding hydrogens is 232 g/mol. The van der Waals surface area contributed by atoms with Crippen LogP contribution in [0.1, 0.15) is 19.8 Å². The molecule has 1 saturated carbocycles. The molecule has 0 radical (unpaired) electrons. The van der Waals surface area contributed by atoms with E-state index in [0.717, 1.165) is 4.48 Å². The highest BCUT2D eigenvalue weighted by molar-refractivity contribution is 9.11. The topological polar surface area (TPSA) is 26.3 Å². The summed E-state index contributed by atoms with van der Waals surface area (Å²) in [6.45, 7) is 2.47. The number of allylic oxidation sites excluding steroid dienone is 3. The lowest BCUT2D eigenvalue weighted by molar-refractivity contribution is -0.138. The molecule has 72 valence electrons. The third-order valence-electron chi connectivity index (χ3n) is 1.81. The number of ether oxygens (including phenoxy) is 1. The molecule has 0 saturated heterocycles. The first kappa shape index (κ1) is 10.5. The molecule has 0 bridgehead atoms. The molecule has 0 aromatic carbocycles. The molecule has 0 amide bonds. The van der Waals surface area contributed by atoms with E-state index in [0.29, 0.717) is 12.5 Å². The van der Waals surface area contributed by atoms with Crippen LogP contribution in [-0.2, 0) is 9.53 Å². The number of hydrogen-bond acceptors (Lipinski definition) is 2. The van der Waals surface area contributed by atoms with E-state index in [-0.39, 0.29) is 5.97 Å². The quantitative estimate of drug-likeness (QED) is 0.432. The van der Waals surface area contributed by atoms with E-state index in [2.05, 4.69) is 15.9 Å². The maximum atomic E-state index is 11.0. The third-order valence-corrected chi connectivity index (χ3v) is 2.53. The smallest absolute Gasteiger partial charge is 0.330 e. The first-order chi connectivity index (χ1) is 6.22. The van der Waals surface area contributed by atoms with Crippen LogP contribution >= 0.6 is 15.9 Å². The van der Waals surface area contributed by atoms with Gasteiger partial charge in [0.05, 0.1) is 6.61 Å². The van der Waals surface area contributed by atoms with Crippen LogP contribution in [0.5, 0.6) is 0 Å². The minimum Gasteiger partial charge on any atom is -0.462 e. The van der Waals surface area contributed by atoms with E-state index < -0.39 is 0 Å². The Hall–Kier alpha value is -0.570. The fourth-order valence-corrected chi connectivity index (χ4v) is 0.909. The average Bonchev–Trinajstić information content (AvgIpc) is 2.94. The number of carbonyl (C=O) groups excluding carboxylic acids is 1. The van der Waals surface area contributed by atoms with Gasteiger partial charge in [0, 0.05) is 10.6 Å². The van der Waals surface area contributed by atoms with Gasteiger partial charge in [0.2, 0.25) is 0 Å². The minimum atomic E-state index is -0.259. The van der Waals surface area contributed by atoms with Gasteiger partial charge < -0.3 is 4.74 Å². The molecule has 0 N–H and O–H groups in total. The molecule has 0 aromatic rings. The second-order valence-corrected chi connectivity index (χ2v) is 4.00. The lowest BCUT2D eigenvalue weighted by atomic mass is 10.4. The minimum absolute atomic E-state index is 0.259. The maximum absolute atomic E-state index is 11.0. The Morgan fingerprint density at radius 1 is 1.54 bits per heavy atom. The van der Waals surface area contributed by atoms with Crippen molar-refractivity contribution in [1.29, 1.82) is 0 Å². The summed E-state index contributed by atoms with van der Waals surface area (Å²) in [7, 11) is 0. The van der Waals surface area contributed by atoms with Crippen molar-refractivity contribution >= 4 is 21.9 Å². The molecule has 1 aliphatic rings. The Kier molecular flexibility index (Phi) is 4.22. The molecular formula is C10H13BrO2. The highest BCUT2D eigenvalue weighted by Crippen LogP contribution is 2.28. The Bertz CT molecular complexity index is 239. The third kappa shape index (κ3) is 4.88. The van der Waals surface area contributed by atoms with Crippen LogP contribution in [0.15, 0.2) is 22.7 Å². The van der Waals surface area contributed by atoms with Gasteiger partial charge in [-0.15, -0.1) is 0 Å². The summed E-state index contributed by atoms with van der Waals surface area (Å²) in [6, 6.07) is 0. The first-order valence-corrected chi connectivity index (χ1v) is 5.18. The monoisotopic (exact) mass is 244 g/mol. The molecule has 0 atom stereocenters. The number of rotatable bonds is 4. The lowest BCUT2D eigenvalue weighted by Crippen LogP contribution is -2.03. The van der Waals surface area contributed by atoms with Crippen LogP contribution in [0.4, 0.5) is 0 Å². The van der Waals surface area contributed by atoms with Crippen LogP contribution < -0.4 is 0 Å². The summed E-state index contributed by atoms with van der Waals surface area (Å²) < 4.78 is 5.87. The van der Waals surface area contributed by atoms with Crippen molar-refractivity contribution < 1.29 is 9.53 Å². The SMILES string of the molecule is C/C=C(/Br)C=CC(=O)OCC1CC1. The standard InChI is InChI=1S/C10H13BrO2/c1-2-9(11)5-6-10(12)13-7-8-3-4-8/h2,5-6,8H,3-4,7H2,1H3/b6-5?,9-2+. The summed E-state index contributed by atoms with van der Waals surface area (Å²) in [6.07, 6.45) is 7.40. The molecule has 0 unspecified atom stereocenters. The fraction of sp³-hybridized carbons (Fsp3) is 0.500. The molecule has 0 aliphatic heterocycles. The second kappa shape index (κ2) is 5.22. The first-order valence-electron chi connectivity index (χ1n) is 4.39. The highest BCUT2D eigenvalue weighted by Gasteiger charge is 2.22. The second-order valence-electron chi connectivity index (χ2n) is 3.08. The largest absolute Gasteiger partial charge is 0.462 e. The van der Waals surface area contributed by atoms with Crippen LogP contribution in [0, 0.1) is 5.92 Å². The van der Waals surface area contributed by atoms with Crippen LogP contribution in [0.2, 0.25) is 0 Å². The number of esters is 1. The number of hydrogen-bond donors (Lipinski definition) is 0. The van der Waals surface area contributed by atoms with Crippen LogP contribution in [0.25, 0.3) is 0 Å². The van der Waals surface area contributed by atoms with Gasteiger partial charge >= 0.3 is 5.97 Å². The van der Waals surface area contributed by atoms with Crippen molar-refractivity contribution in [3.63, 3.8) is 0 Å². The maximum Gasteiger partial charge on any atom is 0.330 e. The van der Waals surface area contributed by atoms with Gasteiger partial charge in [-0.05, 0) is 31.8 Å². The zero-order chi connectivity index (χ0) is 9.68. The average molecular weight is 245 g/mol. The van der Waals surface area contributed by atoms with Gasteiger partial charge in [-0.25, -0.2) is 4.79 Å². The van der Waals surface area contributed by atoms with Crippen molar-refractivity contribution in [3.8, 4) is 0 Å². The van der Waals surface area contributed by atoms with E-state index >= 15 is 0 Å². The summed E-state index contributed by atoms with van der Waals surface area (Å²) >= 11 is 3.26. The van der Waals surface area contributed by atoms with Crippen molar-refractivity contribution in [3.05, 3.63) is 22.7 Å². The summed E-state index contributed by atoms with van der Waals surface area (Å²) in [5.74, 6) is 0.369. The summed E-state index contributed by atoms with van der Waals surface area (Å²) in [5, 5.41) is 0. The Balaban J connectivity index is 2.18. The van der Waals surface area contributed by atoms with E-state index in [1.807, 2.05) is 13.0 Å². The van der Waals surface area contributed by atoms with E-state index in [1.165, 1.54) is 18.9 Å². The number of halogens is 1. The van der Waals surface area contributed by atoms with Gasteiger partial charge in [-0.3, -0.25) is 0 Å². The van der Waals surface area contributed by atoms with Crippen molar-refractivity contribution in [2.45, 2.75) is 19.8 Å². The van der Waals surface area contributed by atoms with Gasteiger partial charge in [-0.2, -0.15) is 0 Å². The lowest BCUT2D eigenvalue weighted by Gasteiger charge is -1.97.